The maximum absolute atomic E-state index is 11.9. The second kappa shape index (κ2) is 11.9. The van der Waals surface area contributed by atoms with E-state index in [1.807, 2.05) is 25.1 Å². The van der Waals surface area contributed by atoms with Crippen LogP contribution in [0.15, 0.2) is 23.2 Å². The Morgan fingerprint density at radius 2 is 1.96 bits per heavy atom. The fraction of sp³-hybridized carbons (Fsp3) is 0.579. The highest BCUT2D eigenvalue weighted by molar-refractivity contribution is 14.0. The Morgan fingerprint density at radius 1 is 1.26 bits per heavy atom. The number of likely N-dealkylation sites (N-methyl/N-ethyl adjacent to an activating group) is 1. The minimum atomic E-state index is -0.0400. The summed E-state index contributed by atoms with van der Waals surface area (Å²) in [5, 5.41) is 6.71. The molecule has 1 fully saturated rings. The number of anilines is 1. The van der Waals surface area contributed by atoms with Crippen LogP contribution in [0, 0.1) is 0 Å². The highest BCUT2D eigenvalue weighted by Gasteiger charge is 2.17. The maximum Gasteiger partial charge on any atom is 0.243 e. The number of hydrogen-bond donors (Lipinski definition) is 2. The molecule has 1 aliphatic carbocycles. The molecule has 2 N–H and O–H groups in total. The van der Waals surface area contributed by atoms with Crippen molar-refractivity contribution in [3.05, 3.63) is 18.2 Å². The summed E-state index contributed by atoms with van der Waals surface area (Å²) in [5.41, 5.74) is 0.826. The minimum Gasteiger partial charge on any atom is -0.493 e. The van der Waals surface area contributed by atoms with Crippen molar-refractivity contribution >= 4 is 41.5 Å². The number of ether oxygens (including phenoxy) is 2. The van der Waals surface area contributed by atoms with Gasteiger partial charge in [0.05, 0.1) is 13.7 Å². The standard InChI is InChI=1S/C19H30N4O3.HI/c1-5-26-16-11-10-15(12-17(16)25-4)22-19(20-13-18(24)23(2)3)21-14-8-6-7-9-14;/h10-12,14H,5-9,13H2,1-4H3,(H2,20,21,22);1H. The highest BCUT2D eigenvalue weighted by Crippen LogP contribution is 2.30. The molecular weight excluding hydrogens is 459 g/mol. The van der Waals surface area contributed by atoms with Gasteiger partial charge >= 0.3 is 0 Å². The lowest BCUT2D eigenvalue weighted by molar-refractivity contribution is -0.127. The molecule has 1 aliphatic rings. The number of aliphatic imine (C=N–C) groups is 1. The molecule has 0 heterocycles. The number of nitrogens with zero attached hydrogens (tertiary/aromatic N) is 2. The fourth-order valence-electron chi connectivity index (χ4n) is 2.83. The van der Waals surface area contributed by atoms with E-state index in [1.165, 1.54) is 17.7 Å². The molecule has 0 spiro atoms. The Morgan fingerprint density at radius 3 is 2.56 bits per heavy atom. The Kier molecular flexibility index (Phi) is 10.3. The first kappa shape index (κ1) is 23.3. The first-order valence-corrected chi connectivity index (χ1v) is 9.12. The van der Waals surface area contributed by atoms with E-state index in [0.717, 1.165) is 18.5 Å². The topological polar surface area (TPSA) is 75.2 Å². The van der Waals surface area contributed by atoms with Gasteiger partial charge in [-0.1, -0.05) is 12.8 Å². The van der Waals surface area contributed by atoms with E-state index < -0.39 is 0 Å². The summed E-state index contributed by atoms with van der Waals surface area (Å²) in [6.45, 7) is 2.61. The van der Waals surface area contributed by atoms with Crippen molar-refractivity contribution in [1.29, 1.82) is 0 Å². The van der Waals surface area contributed by atoms with E-state index in [9.17, 15) is 4.79 Å². The molecular formula is C19H31IN4O3. The SMILES string of the molecule is CCOc1ccc(NC(=NCC(=O)N(C)C)NC2CCCC2)cc1OC.I. The second-order valence-electron chi connectivity index (χ2n) is 6.50. The lowest BCUT2D eigenvalue weighted by atomic mass is 10.2. The number of methoxy groups -OCH3 is 1. The minimum absolute atomic E-state index is 0. The van der Waals surface area contributed by atoms with E-state index in [-0.39, 0.29) is 36.4 Å². The van der Waals surface area contributed by atoms with Crippen molar-refractivity contribution in [3.63, 3.8) is 0 Å². The van der Waals surface area contributed by atoms with E-state index >= 15 is 0 Å². The van der Waals surface area contributed by atoms with Crippen LogP contribution < -0.4 is 20.1 Å². The van der Waals surface area contributed by atoms with Crippen molar-refractivity contribution in [2.45, 2.75) is 38.6 Å². The average molecular weight is 490 g/mol. The van der Waals surface area contributed by atoms with Gasteiger partial charge in [-0.2, -0.15) is 0 Å². The molecule has 1 aromatic carbocycles. The zero-order valence-electron chi connectivity index (χ0n) is 16.6. The number of halogens is 1. The highest BCUT2D eigenvalue weighted by atomic mass is 127. The van der Waals surface area contributed by atoms with Crippen LogP contribution in [0.25, 0.3) is 0 Å². The largest absolute Gasteiger partial charge is 0.493 e. The quantitative estimate of drug-likeness (QED) is 0.349. The van der Waals surface area contributed by atoms with Crippen LogP contribution in [0.2, 0.25) is 0 Å². The van der Waals surface area contributed by atoms with Gasteiger partial charge < -0.3 is 25.0 Å². The molecule has 7 nitrogen and oxygen atoms in total. The van der Waals surface area contributed by atoms with Crippen LogP contribution in [-0.4, -0.2) is 57.2 Å². The molecule has 27 heavy (non-hydrogen) atoms. The lowest BCUT2D eigenvalue weighted by Gasteiger charge is -2.19. The molecule has 0 atom stereocenters. The summed E-state index contributed by atoms with van der Waals surface area (Å²) in [6, 6.07) is 6.03. The van der Waals surface area contributed by atoms with Gasteiger partial charge in [0.25, 0.3) is 0 Å². The molecule has 2 rings (SSSR count). The van der Waals surface area contributed by atoms with E-state index in [1.54, 1.807) is 21.2 Å². The van der Waals surface area contributed by atoms with E-state index in [2.05, 4.69) is 15.6 Å². The van der Waals surface area contributed by atoms with Crippen LogP contribution >= 0.6 is 24.0 Å². The normalized spacial score (nSPS) is 14.3. The van der Waals surface area contributed by atoms with Gasteiger partial charge in [0.1, 0.15) is 6.54 Å². The average Bonchev–Trinajstić information content (AvgIpc) is 3.13. The predicted molar refractivity (Wildman–Crippen MR) is 120 cm³/mol. The van der Waals surface area contributed by atoms with Crippen molar-refractivity contribution in [2.75, 3.05) is 39.7 Å². The molecule has 1 amide bonds. The number of rotatable bonds is 7. The van der Waals surface area contributed by atoms with E-state index in [4.69, 9.17) is 9.47 Å². The van der Waals surface area contributed by atoms with Crippen LogP contribution in [0.1, 0.15) is 32.6 Å². The molecule has 8 heteroatoms. The van der Waals surface area contributed by atoms with Gasteiger partial charge in [0.2, 0.25) is 5.91 Å². The summed E-state index contributed by atoms with van der Waals surface area (Å²) in [4.78, 5) is 17.9. The third-order valence-corrected chi connectivity index (χ3v) is 4.29. The molecule has 1 saturated carbocycles. The molecule has 0 radical (unpaired) electrons. The molecule has 0 aliphatic heterocycles. The molecule has 0 aromatic heterocycles. The third-order valence-electron chi connectivity index (χ3n) is 4.29. The summed E-state index contributed by atoms with van der Waals surface area (Å²) >= 11 is 0. The van der Waals surface area contributed by atoms with Gasteiger partial charge in [-0.05, 0) is 31.9 Å². The van der Waals surface area contributed by atoms with Gasteiger partial charge in [0, 0.05) is 31.9 Å². The van der Waals surface area contributed by atoms with Crippen LogP contribution in [0.3, 0.4) is 0 Å². The number of nitrogens with one attached hydrogen (secondary N) is 2. The van der Waals surface area contributed by atoms with Crippen molar-refractivity contribution < 1.29 is 14.3 Å². The van der Waals surface area contributed by atoms with Crippen LogP contribution in [0.4, 0.5) is 5.69 Å². The second-order valence-corrected chi connectivity index (χ2v) is 6.50. The van der Waals surface area contributed by atoms with Gasteiger partial charge in [-0.25, -0.2) is 4.99 Å². The summed E-state index contributed by atoms with van der Waals surface area (Å²) in [7, 11) is 5.07. The Labute approximate surface area is 178 Å². The smallest absolute Gasteiger partial charge is 0.243 e. The van der Waals surface area contributed by atoms with Crippen LogP contribution in [-0.2, 0) is 4.79 Å². The molecule has 0 saturated heterocycles. The summed E-state index contributed by atoms with van der Waals surface area (Å²) in [5.74, 6) is 1.92. The number of benzene rings is 1. The number of carbonyl (C=O) groups is 1. The molecule has 0 unspecified atom stereocenters. The molecule has 152 valence electrons. The first-order chi connectivity index (χ1) is 12.5. The predicted octanol–water partition coefficient (Wildman–Crippen LogP) is 3.10. The van der Waals surface area contributed by atoms with Crippen molar-refractivity contribution in [3.8, 4) is 11.5 Å². The third kappa shape index (κ3) is 7.43. The number of carbonyl (C=O) groups excluding carboxylic acids is 1. The summed E-state index contributed by atoms with van der Waals surface area (Å²) in [6.07, 6.45) is 4.68. The van der Waals surface area contributed by atoms with E-state index in [0.29, 0.717) is 30.1 Å². The fourth-order valence-corrected chi connectivity index (χ4v) is 2.83. The van der Waals surface area contributed by atoms with Gasteiger partial charge in [-0.15, -0.1) is 24.0 Å². The summed E-state index contributed by atoms with van der Waals surface area (Å²) < 4.78 is 10.9. The van der Waals surface area contributed by atoms with Gasteiger partial charge in [0.15, 0.2) is 17.5 Å². The maximum atomic E-state index is 11.9. The van der Waals surface area contributed by atoms with Gasteiger partial charge in [-0.3, -0.25) is 4.79 Å². The number of guanidine groups is 1. The van der Waals surface area contributed by atoms with Crippen LogP contribution in [0.5, 0.6) is 11.5 Å². The first-order valence-electron chi connectivity index (χ1n) is 9.12. The van der Waals surface area contributed by atoms with Crippen molar-refractivity contribution in [1.82, 2.24) is 10.2 Å². The zero-order valence-corrected chi connectivity index (χ0v) is 18.9. The molecule has 0 bridgehead atoms. The Bertz CT molecular complexity index is 631. The lowest BCUT2D eigenvalue weighted by Crippen LogP contribution is -2.38. The number of amides is 1. The zero-order chi connectivity index (χ0) is 18.9. The Balaban J connectivity index is 0.00000364. The number of hydrogen-bond acceptors (Lipinski definition) is 4. The monoisotopic (exact) mass is 490 g/mol. The molecule has 1 aromatic rings. The van der Waals surface area contributed by atoms with Crippen molar-refractivity contribution in [2.24, 2.45) is 4.99 Å². The Hall–Kier alpha value is -1.71.